The van der Waals surface area contributed by atoms with E-state index in [1.807, 2.05) is 24.3 Å². The van der Waals surface area contributed by atoms with Gasteiger partial charge in [-0.3, -0.25) is 9.59 Å². The number of carboxylic acids is 2. The van der Waals surface area contributed by atoms with Crippen LogP contribution in [-0.4, -0.2) is 42.5 Å². The number of ether oxygens (including phenoxy) is 2. The number of methoxy groups -OCH3 is 1. The quantitative estimate of drug-likeness (QED) is 0.563. The second kappa shape index (κ2) is 7.78. The van der Waals surface area contributed by atoms with Crippen LogP contribution in [0.25, 0.3) is 5.57 Å². The van der Waals surface area contributed by atoms with Gasteiger partial charge in [-0.05, 0) is 36.5 Å². The molecule has 0 bridgehead atoms. The van der Waals surface area contributed by atoms with Crippen molar-refractivity contribution >= 4 is 17.5 Å². The lowest BCUT2D eigenvalue weighted by Gasteiger charge is -2.22. The summed E-state index contributed by atoms with van der Waals surface area (Å²) in [4.78, 5) is 22.2. The van der Waals surface area contributed by atoms with Crippen LogP contribution in [0.3, 0.4) is 0 Å². The van der Waals surface area contributed by atoms with E-state index in [2.05, 4.69) is 0 Å². The summed E-state index contributed by atoms with van der Waals surface area (Å²) in [6.45, 7) is 0.908. The van der Waals surface area contributed by atoms with Gasteiger partial charge in [-0.25, -0.2) is 0 Å². The van der Waals surface area contributed by atoms with Crippen molar-refractivity contribution in [1.29, 1.82) is 0 Å². The van der Waals surface area contributed by atoms with Gasteiger partial charge in [0.25, 0.3) is 0 Å². The fourth-order valence-corrected chi connectivity index (χ4v) is 2.69. The van der Waals surface area contributed by atoms with E-state index < -0.39 is 17.9 Å². The van der Waals surface area contributed by atoms with Gasteiger partial charge in [0, 0.05) is 12.7 Å². The molecule has 0 atom stereocenters. The van der Waals surface area contributed by atoms with Gasteiger partial charge in [-0.2, -0.15) is 0 Å². The molecule has 1 aliphatic rings. The van der Waals surface area contributed by atoms with Gasteiger partial charge in [0.2, 0.25) is 0 Å². The number of carbonyl (C=O) groups is 2. The third-order valence-electron chi connectivity index (χ3n) is 3.83. The highest BCUT2D eigenvalue weighted by Crippen LogP contribution is 2.36. The Kier molecular flexibility index (Phi) is 5.76. The van der Waals surface area contributed by atoms with Gasteiger partial charge in [0.05, 0.1) is 6.61 Å². The van der Waals surface area contributed by atoms with Crippen molar-refractivity contribution in [2.45, 2.75) is 19.3 Å². The van der Waals surface area contributed by atoms with E-state index in [0.29, 0.717) is 13.2 Å². The number of hydrogen-bond acceptors (Lipinski definition) is 4. The van der Waals surface area contributed by atoms with Crippen LogP contribution in [0.4, 0.5) is 0 Å². The molecule has 0 saturated heterocycles. The van der Waals surface area contributed by atoms with E-state index >= 15 is 0 Å². The summed E-state index contributed by atoms with van der Waals surface area (Å²) in [5.74, 6) is -3.34. The van der Waals surface area contributed by atoms with Gasteiger partial charge < -0.3 is 19.7 Å². The number of hydrogen-bond donors (Lipinski definition) is 2. The Balaban J connectivity index is 2.24. The first kappa shape index (κ1) is 17.0. The predicted octanol–water partition coefficient (Wildman–Crippen LogP) is 2.22. The average molecular weight is 320 g/mol. The smallest absolute Gasteiger partial charge is 0.318 e. The highest BCUT2D eigenvalue weighted by atomic mass is 16.5. The van der Waals surface area contributed by atoms with Crippen LogP contribution in [0.15, 0.2) is 24.3 Å². The molecule has 0 saturated carbocycles. The summed E-state index contributed by atoms with van der Waals surface area (Å²) in [5, 5.41) is 18.1. The first-order valence-corrected chi connectivity index (χ1v) is 7.43. The Hall–Kier alpha value is -2.34. The molecule has 0 aliphatic heterocycles. The summed E-state index contributed by atoms with van der Waals surface area (Å²) in [5.41, 5.74) is 2.62. The van der Waals surface area contributed by atoms with Crippen LogP contribution < -0.4 is 4.74 Å². The Bertz CT molecular complexity index is 606. The Morgan fingerprint density at radius 3 is 2.61 bits per heavy atom. The van der Waals surface area contributed by atoms with Crippen LogP contribution >= 0.6 is 0 Å². The Morgan fingerprint density at radius 2 is 1.96 bits per heavy atom. The lowest BCUT2D eigenvalue weighted by molar-refractivity contribution is -0.154. The minimum absolute atomic E-state index is 0.0286. The number of rotatable bonds is 8. The second-order valence-corrected chi connectivity index (χ2v) is 5.32. The number of carboxylic acid groups (broad SMARTS) is 2. The molecule has 2 rings (SSSR count). The van der Waals surface area contributed by atoms with Crippen LogP contribution in [0, 0.1) is 5.92 Å². The zero-order valence-corrected chi connectivity index (χ0v) is 12.9. The molecule has 1 aromatic rings. The minimum atomic E-state index is -1.44. The lowest BCUT2D eigenvalue weighted by Crippen LogP contribution is -2.24. The first-order valence-electron chi connectivity index (χ1n) is 7.43. The van der Waals surface area contributed by atoms with Gasteiger partial charge in [0.1, 0.15) is 12.4 Å². The average Bonchev–Trinajstić information content (AvgIpc) is 2.52. The molecule has 2 N–H and O–H groups in total. The van der Waals surface area contributed by atoms with E-state index in [9.17, 15) is 9.59 Å². The fraction of sp³-hybridized carbons (Fsp3) is 0.412. The van der Waals surface area contributed by atoms with Crippen LogP contribution in [0.2, 0.25) is 0 Å². The minimum Gasteiger partial charge on any atom is -0.491 e. The molecule has 6 nitrogen and oxygen atoms in total. The Labute approximate surface area is 134 Å². The van der Waals surface area contributed by atoms with E-state index in [1.165, 1.54) is 0 Å². The standard InChI is InChI=1S/C17H20O6/c1-22-8-9-23-15-7-3-5-12-11(4-2-6-13(12)15)10-14(16(18)19)17(20)21/h3-5,7,14H,2,6,8-10H2,1H3,(H,18,19)(H,20,21). The maximum Gasteiger partial charge on any atom is 0.318 e. The second-order valence-electron chi connectivity index (χ2n) is 5.32. The molecule has 1 aliphatic carbocycles. The SMILES string of the molecule is COCCOc1cccc2c1CCC=C2CC(C(=O)O)C(=O)O. The van der Waals surface area contributed by atoms with E-state index in [1.54, 1.807) is 7.11 Å². The topological polar surface area (TPSA) is 93.1 Å². The Morgan fingerprint density at radius 1 is 1.22 bits per heavy atom. The maximum atomic E-state index is 11.1. The number of allylic oxidation sites excluding steroid dienone is 2. The predicted molar refractivity (Wildman–Crippen MR) is 83.5 cm³/mol. The van der Waals surface area contributed by atoms with Crippen molar-refractivity contribution < 1.29 is 29.3 Å². The highest BCUT2D eigenvalue weighted by molar-refractivity contribution is 5.95. The van der Waals surface area contributed by atoms with E-state index in [-0.39, 0.29) is 6.42 Å². The summed E-state index contributed by atoms with van der Waals surface area (Å²) in [7, 11) is 1.60. The van der Waals surface area contributed by atoms with E-state index in [4.69, 9.17) is 19.7 Å². The zero-order chi connectivity index (χ0) is 16.8. The van der Waals surface area contributed by atoms with Crippen LogP contribution in [-0.2, 0) is 20.7 Å². The van der Waals surface area contributed by atoms with Gasteiger partial charge in [-0.1, -0.05) is 18.2 Å². The van der Waals surface area contributed by atoms with Gasteiger partial charge >= 0.3 is 11.9 Å². The van der Waals surface area contributed by atoms with Gasteiger partial charge in [-0.15, -0.1) is 0 Å². The molecular weight excluding hydrogens is 300 g/mol. The summed E-state index contributed by atoms with van der Waals surface area (Å²) in [6.07, 6.45) is 3.41. The molecule has 124 valence electrons. The number of fused-ring (bicyclic) bond motifs is 1. The van der Waals surface area contributed by atoms with Crippen molar-refractivity contribution in [1.82, 2.24) is 0 Å². The fourth-order valence-electron chi connectivity index (χ4n) is 2.69. The van der Waals surface area contributed by atoms with Crippen LogP contribution in [0.5, 0.6) is 5.75 Å². The third kappa shape index (κ3) is 4.10. The summed E-state index contributed by atoms with van der Waals surface area (Å²) in [6, 6.07) is 5.57. The largest absolute Gasteiger partial charge is 0.491 e. The number of aliphatic carboxylic acids is 2. The molecule has 0 amide bonds. The van der Waals surface area contributed by atoms with Crippen molar-refractivity contribution in [3.63, 3.8) is 0 Å². The van der Waals surface area contributed by atoms with Crippen molar-refractivity contribution in [2.24, 2.45) is 5.92 Å². The van der Waals surface area contributed by atoms with E-state index in [0.717, 1.165) is 35.3 Å². The summed E-state index contributed by atoms with van der Waals surface area (Å²) >= 11 is 0. The van der Waals surface area contributed by atoms with Crippen molar-refractivity contribution in [2.75, 3.05) is 20.3 Å². The molecule has 0 heterocycles. The molecule has 0 spiro atoms. The van der Waals surface area contributed by atoms with Crippen LogP contribution in [0.1, 0.15) is 24.0 Å². The summed E-state index contributed by atoms with van der Waals surface area (Å²) < 4.78 is 10.7. The van der Waals surface area contributed by atoms with Crippen molar-refractivity contribution in [3.05, 3.63) is 35.4 Å². The molecule has 23 heavy (non-hydrogen) atoms. The lowest BCUT2D eigenvalue weighted by atomic mass is 9.85. The molecule has 0 radical (unpaired) electrons. The molecular formula is C17H20O6. The molecule has 0 aromatic heterocycles. The monoisotopic (exact) mass is 320 g/mol. The first-order chi connectivity index (χ1) is 11.0. The molecule has 6 heteroatoms. The molecule has 0 unspecified atom stereocenters. The number of benzene rings is 1. The zero-order valence-electron chi connectivity index (χ0n) is 12.9. The van der Waals surface area contributed by atoms with Gasteiger partial charge in [0.15, 0.2) is 5.92 Å². The third-order valence-corrected chi connectivity index (χ3v) is 3.83. The normalized spacial score (nSPS) is 13.4. The van der Waals surface area contributed by atoms with Crippen molar-refractivity contribution in [3.8, 4) is 5.75 Å². The highest BCUT2D eigenvalue weighted by Gasteiger charge is 2.29. The molecule has 1 aromatic carbocycles. The molecule has 0 fully saturated rings. The maximum absolute atomic E-state index is 11.1.